The van der Waals surface area contributed by atoms with Gasteiger partial charge in [-0.25, -0.2) is 0 Å². The molecule has 0 heteroatoms. The summed E-state index contributed by atoms with van der Waals surface area (Å²) in [5.41, 5.74) is 0. The Morgan fingerprint density at radius 2 is 1.08 bits per heavy atom. The smallest absolute Gasteiger partial charge is 0.0163 e. The number of rotatable bonds is 0. The van der Waals surface area contributed by atoms with E-state index < -0.39 is 0 Å². The highest BCUT2D eigenvalue weighted by Crippen LogP contribution is 2.00. The van der Waals surface area contributed by atoms with Crippen molar-refractivity contribution in [3.8, 4) is 0 Å². The molecule has 0 spiro atoms. The van der Waals surface area contributed by atoms with Crippen LogP contribution in [0.2, 0.25) is 0 Å². The van der Waals surface area contributed by atoms with Gasteiger partial charge in [0, 0.05) is 0 Å². The van der Waals surface area contributed by atoms with Crippen molar-refractivity contribution >= 4 is 0 Å². The molecule has 12 heavy (non-hydrogen) atoms. The molecule has 0 saturated carbocycles. The van der Waals surface area contributed by atoms with Crippen molar-refractivity contribution < 1.29 is 0 Å². The molecule has 1 aliphatic rings. The lowest BCUT2D eigenvalue weighted by molar-refractivity contribution is 0.868. The van der Waals surface area contributed by atoms with Crippen molar-refractivity contribution in [3.05, 3.63) is 48.6 Å². The largest absolute Gasteiger partial charge is 0.0845 e. The van der Waals surface area contributed by atoms with Gasteiger partial charge in [-0.2, -0.15) is 0 Å². The van der Waals surface area contributed by atoms with Crippen molar-refractivity contribution in [2.45, 2.75) is 25.7 Å². The van der Waals surface area contributed by atoms with E-state index in [-0.39, 0.29) is 0 Å². The van der Waals surface area contributed by atoms with E-state index in [4.69, 9.17) is 0 Å². The van der Waals surface area contributed by atoms with Crippen LogP contribution in [0.5, 0.6) is 0 Å². The Hall–Kier alpha value is -1.04. The van der Waals surface area contributed by atoms with Crippen LogP contribution in [0.15, 0.2) is 48.6 Å². The van der Waals surface area contributed by atoms with Gasteiger partial charge in [0.2, 0.25) is 0 Å². The van der Waals surface area contributed by atoms with Crippen LogP contribution in [0.1, 0.15) is 25.7 Å². The Balaban J connectivity index is 2.42. The summed E-state index contributed by atoms with van der Waals surface area (Å²) in [6, 6.07) is 0. The zero-order valence-corrected chi connectivity index (χ0v) is 7.45. The summed E-state index contributed by atoms with van der Waals surface area (Å²) in [6.45, 7) is 0. The second-order valence-corrected chi connectivity index (χ2v) is 2.88. The average Bonchev–Trinajstić information content (AvgIpc) is 2.05. The van der Waals surface area contributed by atoms with E-state index in [0.29, 0.717) is 0 Å². The summed E-state index contributed by atoms with van der Waals surface area (Å²) < 4.78 is 0. The fraction of sp³-hybridized carbons (Fsp3) is 0.333. The van der Waals surface area contributed by atoms with E-state index in [1.807, 2.05) is 0 Å². The molecule has 1 aliphatic carbocycles. The maximum atomic E-state index is 2.23. The summed E-state index contributed by atoms with van der Waals surface area (Å²) in [4.78, 5) is 0. The molecule has 0 radical (unpaired) electrons. The third kappa shape index (κ3) is 4.73. The Kier molecular flexibility index (Phi) is 5.02. The molecule has 0 unspecified atom stereocenters. The Morgan fingerprint density at radius 3 is 1.67 bits per heavy atom. The van der Waals surface area contributed by atoms with Crippen molar-refractivity contribution in [1.82, 2.24) is 0 Å². The van der Waals surface area contributed by atoms with E-state index >= 15 is 0 Å². The molecule has 0 saturated heterocycles. The molecule has 0 bridgehead atoms. The second-order valence-electron chi connectivity index (χ2n) is 2.88. The lowest BCUT2D eigenvalue weighted by Crippen LogP contribution is -1.69. The van der Waals surface area contributed by atoms with Gasteiger partial charge in [0.25, 0.3) is 0 Å². The van der Waals surface area contributed by atoms with Crippen LogP contribution in [-0.4, -0.2) is 0 Å². The Labute approximate surface area is 75.0 Å². The normalized spacial score (nSPS) is 26.7. The maximum Gasteiger partial charge on any atom is -0.0163 e. The van der Waals surface area contributed by atoms with Gasteiger partial charge < -0.3 is 0 Å². The lowest BCUT2D eigenvalue weighted by atomic mass is 10.2. The second kappa shape index (κ2) is 6.66. The minimum absolute atomic E-state index is 1.04. The molecule has 0 fully saturated rings. The molecule has 64 valence electrons. The molecule has 0 aliphatic heterocycles. The van der Waals surface area contributed by atoms with Crippen LogP contribution in [-0.2, 0) is 0 Å². The summed E-state index contributed by atoms with van der Waals surface area (Å²) in [7, 11) is 0. The minimum atomic E-state index is 1.04. The Morgan fingerprint density at radius 1 is 0.583 bits per heavy atom. The van der Waals surface area contributed by atoms with E-state index in [1.165, 1.54) is 19.3 Å². The van der Waals surface area contributed by atoms with Crippen LogP contribution in [0.3, 0.4) is 0 Å². The molecule has 0 N–H and O–H groups in total. The quantitative estimate of drug-likeness (QED) is 0.506. The van der Waals surface area contributed by atoms with Gasteiger partial charge >= 0.3 is 0 Å². The van der Waals surface area contributed by atoms with Crippen molar-refractivity contribution in [3.63, 3.8) is 0 Å². The molecule has 0 atom stereocenters. The third-order valence-electron chi connectivity index (χ3n) is 1.78. The molecule has 0 aromatic rings. The molecule has 1 rings (SSSR count). The van der Waals surface area contributed by atoms with E-state index in [1.54, 1.807) is 0 Å². The standard InChI is InChI=1S/C12H16/c1-2-4-6-8-10-12-11-9-7-5-3-1/h1-4,7,9,11-12H,5-6,8,10H2/b3-1+,4-2-,9-7?,12-11-. The van der Waals surface area contributed by atoms with Crippen molar-refractivity contribution in [1.29, 1.82) is 0 Å². The van der Waals surface area contributed by atoms with Gasteiger partial charge in [0.1, 0.15) is 0 Å². The molecule has 0 nitrogen and oxygen atoms in total. The SMILES string of the molecule is C1=CC/C=C/C=C\CCC/C=C\1. The van der Waals surface area contributed by atoms with Crippen LogP contribution >= 0.6 is 0 Å². The van der Waals surface area contributed by atoms with E-state index in [9.17, 15) is 0 Å². The third-order valence-corrected chi connectivity index (χ3v) is 1.78. The molecule has 0 aromatic heterocycles. The topological polar surface area (TPSA) is 0 Å². The van der Waals surface area contributed by atoms with Gasteiger partial charge in [-0.05, 0) is 25.7 Å². The molecule has 0 amide bonds. The molecular formula is C12H16. The van der Waals surface area contributed by atoms with Crippen molar-refractivity contribution in [2.75, 3.05) is 0 Å². The van der Waals surface area contributed by atoms with Crippen LogP contribution in [0, 0.1) is 0 Å². The van der Waals surface area contributed by atoms with Crippen LogP contribution < -0.4 is 0 Å². The molecular weight excluding hydrogens is 144 g/mol. The number of allylic oxidation sites excluding steroid dienone is 8. The monoisotopic (exact) mass is 160 g/mol. The van der Waals surface area contributed by atoms with Gasteiger partial charge in [-0.3, -0.25) is 0 Å². The number of hydrogen-bond acceptors (Lipinski definition) is 0. The summed E-state index contributed by atoms with van der Waals surface area (Å²) in [5.74, 6) is 0. The fourth-order valence-corrected chi connectivity index (χ4v) is 1.10. The van der Waals surface area contributed by atoms with Crippen LogP contribution in [0.4, 0.5) is 0 Å². The first kappa shape index (κ1) is 9.05. The minimum Gasteiger partial charge on any atom is -0.0845 e. The summed E-state index contributed by atoms with van der Waals surface area (Å²) in [5, 5.41) is 0. The van der Waals surface area contributed by atoms with E-state index in [2.05, 4.69) is 48.6 Å². The van der Waals surface area contributed by atoms with Crippen molar-refractivity contribution in [2.24, 2.45) is 0 Å². The Bertz CT molecular complexity index is 182. The zero-order chi connectivity index (χ0) is 8.49. The predicted molar refractivity (Wildman–Crippen MR) is 55.0 cm³/mol. The van der Waals surface area contributed by atoms with E-state index in [0.717, 1.165) is 6.42 Å². The summed E-state index contributed by atoms with van der Waals surface area (Å²) in [6.07, 6.45) is 22.0. The van der Waals surface area contributed by atoms with Gasteiger partial charge in [0.15, 0.2) is 0 Å². The highest BCUT2D eigenvalue weighted by atomic mass is 13.9. The van der Waals surface area contributed by atoms with Gasteiger partial charge in [0.05, 0.1) is 0 Å². The number of hydrogen-bond donors (Lipinski definition) is 0. The molecule has 0 heterocycles. The van der Waals surface area contributed by atoms with Gasteiger partial charge in [-0.1, -0.05) is 48.6 Å². The lowest BCUT2D eigenvalue weighted by Gasteiger charge is -1.89. The van der Waals surface area contributed by atoms with Crippen LogP contribution in [0.25, 0.3) is 0 Å². The summed E-state index contributed by atoms with van der Waals surface area (Å²) >= 11 is 0. The highest BCUT2D eigenvalue weighted by Gasteiger charge is 1.79. The van der Waals surface area contributed by atoms with Gasteiger partial charge in [-0.15, -0.1) is 0 Å². The highest BCUT2D eigenvalue weighted by molar-refractivity contribution is 5.09. The first-order valence-corrected chi connectivity index (χ1v) is 4.63. The average molecular weight is 160 g/mol. The zero-order valence-electron chi connectivity index (χ0n) is 7.45. The first-order valence-electron chi connectivity index (χ1n) is 4.63. The molecule has 0 aromatic carbocycles. The maximum absolute atomic E-state index is 2.23. The predicted octanol–water partition coefficient (Wildman–Crippen LogP) is 3.79. The fourth-order valence-electron chi connectivity index (χ4n) is 1.10. The first-order chi connectivity index (χ1) is 6.00.